The smallest absolute Gasteiger partial charge is 0.310 e. The predicted octanol–water partition coefficient (Wildman–Crippen LogP) is 4.12. The highest BCUT2D eigenvalue weighted by atomic mass is 16.5. The molecule has 1 aliphatic heterocycles. The maximum Gasteiger partial charge on any atom is 0.310 e. The summed E-state index contributed by atoms with van der Waals surface area (Å²) in [6, 6.07) is 11.3. The molecule has 0 spiro atoms. The van der Waals surface area contributed by atoms with Crippen molar-refractivity contribution in [3.05, 3.63) is 47.8 Å². The lowest BCUT2D eigenvalue weighted by Gasteiger charge is -2.31. The number of nitrogens with zero attached hydrogens (tertiary/aromatic N) is 4. The normalized spacial score (nSPS) is 16.5. The molecule has 8 nitrogen and oxygen atoms in total. The van der Waals surface area contributed by atoms with Crippen molar-refractivity contribution >= 4 is 17.5 Å². The van der Waals surface area contributed by atoms with Crippen LogP contribution in [0.2, 0.25) is 0 Å². The summed E-state index contributed by atoms with van der Waals surface area (Å²) < 4.78 is 12.6. The van der Waals surface area contributed by atoms with E-state index in [0.717, 1.165) is 29.8 Å². The van der Waals surface area contributed by atoms with Gasteiger partial charge in [-0.15, -0.1) is 0 Å². The second kappa shape index (κ2) is 9.44. The van der Waals surface area contributed by atoms with E-state index in [0.29, 0.717) is 36.8 Å². The van der Waals surface area contributed by atoms with Crippen molar-refractivity contribution < 1.29 is 19.1 Å². The standard InChI is InChI=1S/C26H32N4O4/c1-6-34-25(32)17-10-9-13-29(16-17)24(31)19-14-20(18-11-7-8-12-21(18)33-5)30-23(27-19)15-22(28-30)26(2,3)4/h7-8,11-12,14-15,17H,6,9-10,13,16H2,1-5H3/t17-/m0/s1. The zero-order valence-corrected chi connectivity index (χ0v) is 20.5. The molecule has 3 heterocycles. The number of aromatic nitrogens is 3. The topological polar surface area (TPSA) is 86.0 Å². The lowest BCUT2D eigenvalue weighted by atomic mass is 9.93. The van der Waals surface area contributed by atoms with Crippen LogP contribution in [0.3, 0.4) is 0 Å². The maximum absolute atomic E-state index is 13.6. The van der Waals surface area contributed by atoms with Crippen molar-refractivity contribution in [2.24, 2.45) is 5.92 Å². The van der Waals surface area contributed by atoms with Crippen LogP contribution in [0.25, 0.3) is 16.9 Å². The molecule has 1 fully saturated rings. The van der Waals surface area contributed by atoms with Crippen LogP contribution in [0.5, 0.6) is 5.75 Å². The molecule has 8 heteroatoms. The first kappa shape index (κ1) is 23.7. The Morgan fingerprint density at radius 1 is 1.18 bits per heavy atom. The molecule has 2 aromatic heterocycles. The van der Waals surface area contributed by atoms with Crippen LogP contribution in [-0.4, -0.2) is 58.2 Å². The first-order chi connectivity index (χ1) is 16.2. The molecule has 0 saturated carbocycles. The second-order valence-corrected chi connectivity index (χ2v) is 9.62. The number of carbonyl (C=O) groups excluding carboxylic acids is 2. The van der Waals surface area contributed by atoms with Crippen LogP contribution in [0.1, 0.15) is 56.7 Å². The average molecular weight is 465 g/mol. The van der Waals surface area contributed by atoms with E-state index in [-0.39, 0.29) is 23.2 Å². The van der Waals surface area contributed by atoms with Gasteiger partial charge in [0.2, 0.25) is 0 Å². The number of amides is 1. The number of esters is 1. The fourth-order valence-electron chi connectivity index (χ4n) is 4.27. The molecule has 1 aromatic carbocycles. The highest BCUT2D eigenvalue weighted by Crippen LogP contribution is 2.32. The summed E-state index contributed by atoms with van der Waals surface area (Å²) in [6.07, 6.45) is 1.47. The molecule has 3 aromatic rings. The molecule has 4 rings (SSSR count). The van der Waals surface area contributed by atoms with Gasteiger partial charge in [-0.05, 0) is 38.0 Å². The Morgan fingerprint density at radius 3 is 2.65 bits per heavy atom. The van der Waals surface area contributed by atoms with Gasteiger partial charge in [0.05, 0.1) is 31.0 Å². The van der Waals surface area contributed by atoms with Gasteiger partial charge in [0.15, 0.2) is 5.65 Å². The minimum Gasteiger partial charge on any atom is -0.496 e. The summed E-state index contributed by atoms with van der Waals surface area (Å²) in [5, 5.41) is 4.82. The summed E-state index contributed by atoms with van der Waals surface area (Å²) in [5.74, 6) is -0.0750. The Morgan fingerprint density at radius 2 is 1.94 bits per heavy atom. The number of piperidine rings is 1. The van der Waals surface area contributed by atoms with Gasteiger partial charge < -0.3 is 14.4 Å². The Kier molecular flexibility index (Phi) is 6.59. The first-order valence-electron chi connectivity index (χ1n) is 11.7. The molecule has 1 amide bonds. The fourth-order valence-corrected chi connectivity index (χ4v) is 4.27. The molecular weight excluding hydrogens is 432 g/mol. The summed E-state index contributed by atoms with van der Waals surface area (Å²) in [5.41, 5.74) is 3.14. The van der Waals surface area contributed by atoms with Gasteiger partial charge in [-0.3, -0.25) is 9.59 Å². The zero-order valence-electron chi connectivity index (χ0n) is 20.5. The van der Waals surface area contributed by atoms with Crippen molar-refractivity contribution in [2.45, 2.75) is 46.0 Å². The Bertz CT molecular complexity index is 1210. The quantitative estimate of drug-likeness (QED) is 0.528. The van der Waals surface area contributed by atoms with E-state index in [1.165, 1.54) is 0 Å². The fraction of sp³-hybridized carbons (Fsp3) is 0.462. The van der Waals surface area contributed by atoms with Gasteiger partial charge in [0.1, 0.15) is 11.4 Å². The number of hydrogen-bond donors (Lipinski definition) is 0. The van der Waals surface area contributed by atoms with Gasteiger partial charge in [0.25, 0.3) is 5.91 Å². The second-order valence-electron chi connectivity index (χ2n) is 9.62. The molecule has 1 aliphatic rings. The number of ether oxygens (including phenoxy) is 2. The molecule has 180 valence electrons. The van der Waals surface area contributed by atoms with E-state index in [2.05, 4.69) is 25.8 Å². The van der Waals surface area contributed by atoms with Crippen LogP contribution in [0, 0.1) is 5.92 Å². The summed E-state index contributed by atoms with van der Waals surface area (Å²) in [6.45, 7) is 9.31. The van der Waals surface area contributed by atoms with Gasteiger partial charge in [0, 0.05) is 30.1 Å². The lowest BCUT2D eigenvalue weighted by molar-refractivity contribution is -0.149. The Hall–Kier alpha value is -3.42. The summed E-state index contributed by atoms with van der Waals surface area (Å²) in [7, 11) is 1.62. The van der Waals surface area contributed by atoms with Gasteiger partial charge in [-0.25, -0.2) is 9.50 Å². The molecule has 1 saturated heterocycles. The first-order valence-corrected chi connectivity index (χ1v) is 11.7. The monoisotopic (exact) mass is 464 g/mol. The molecule has 1 atom stereocenters. The van der Waals surface area contributed by atoms with Gasteiger partial charge >= 0.3 is 5.97 Å². The zero-order chi connectivity index (χ0) is 24.5. The number of carbonyl (C=O) groups is 2. The molecule has 0 radical (unpaired) electrons. The molecule has 0 N–H and O–H groups in total. The van der Waals surface area contributed by atoms with E-state index >= 15 is 0 Å². The van der Waals surface area contributed by atoms with Crippen molar-refractivity contribution in [2.75, 3.05) is 26.8 Å². The van der Waals surface area contributed by atoms with Gasteiger partial charge in [-0.2, -0.15) is 5.10 Å². The largest absolute Gasteiger partial charge is 0.496 e. The van der Waals surface area contributed by atoms with E-state index in [1.807, 2.05) is 30.3 Å². The maximum atomic E-state index is 13.6. The minimum absolute atomic E-state index is 0.185. The van der Waals surface area contributed by atoms with Crippen molar-refractivity contribution in [1.82, 2.24) is 19.5 Å². The number of benzene rings is 1. The molecule has 34 heavy (non-hydrogen) atoms. The Labute approximate surface area is 199 Å². The van der Waals surface area contributed by atoms with E-state index < -0.39 is 0 Å². The minimum atomic E-state index is -0.308. The van der Waals surface area contributed by atoms with E-state index in [4.69, 9.17) is 14.6 Å². The highest BCUT2D eigenvalue weighted by Gasteiger charge is 2.31. The SMILES string of the molecule is CCOC(=O)[C@H]1CCCN(C(=O)c2cc(-c3ccccc3OC)n3nc(C(C)(C)C)cc3n2)C1. The number of hydrogen-bond acceptors (Lipinski definition) is 6. The summed E-state index contributed by atoms with van der Waals surface area (Å²) >= 11 is 0. The third-order valence-electron chi connectivity index (χ3n) is 6.13. The molecular formula is C26H32N4O4. The molecule has 0 bridgehead atoms. The van der Waals surface area contributed by atoms with E-state index in [1.54, 1.807) is 29.5 Å². The highest BCUT2D eigenvalue weighted by molar-refractivity contribution is 5.94. The van der Waals surface area contributed by atoms with Crippen molar-refractivity contribution in [3.63, 3.8) is 0 Å². The Balaban J connectivity index is 1.79. The molecule has 0 unspecified atom stereocenters. The third kappa shape index (κ3) is 4.62. The van der Waals surface area contributed by atoms with Crippen LogP contribution >= 0.6 is 0 Å². The third-order valence-corrected chi connectivity index (χ3v) is 6.13. The van der Waals surface area contributed by atoms with Gasteiger partial charge in [-0.1, -0.05) is 32.9 Å². The predicted molar refractivity (Wildman–Crippen MR) is 129 cm³/mol. The van der Waals surface area contributed by atoms with Crippen molar-refractivity contribution in [3.8, 4) is 17.0 Å². The van der Waals surface area contributed by atoms with Crippen LogP contribution in [-0.2, 0) is 14.9 Å². The average Bonchev–Trinajstić information content (AvgIpc) is 3.28. The van der Waals surface area contributed by atoms with Crippen LogP contribution < -0.4 is 4.74 Å². The number of fused-ring (bicyclic) bond motifs is 1. The number of likely N-dealkylation sites (tertiary alicyclic amines) is 1. The lowest BCUT2D eigenvalue weighted by Crippen LogP contribution is -2.43. The number of methoxy groups -OCH3 is 1. The van der Waals surface area contributed by atoms with Crippen LogP contribution in [0.4, 0.5) is 0 Å². The van der Waals surface area contributed by atoms with E-state index in [9.17, 15) is 9.59 Å². The van der Waals surface area contributed by atoms with Crippen molar-refractivity contribution in [1.29, 1.82) is 0 Å². The van der Waals surface area contributed by atoms with Crippen LogP contribution in [0.15, 0.2) is 36.4 Å². The number of rotatable bonds is 5. The summed E-state index contributed by atoms with van der Waals surface area (Å²) in [4.78, 5) is 32.2. The molecule has 0 aliphatic carbocycles. The number of para-hydroxylation sites is 1.